The van der Waals surface area contributed by atoms with Gasteiger partial charge in [-0.15, -0.1) is 0 Å². The summed E-state index contributed by atoms with van der Waals surface area (Å²) in [7, 11) is 1.51. The molecule has 5 fully saturated rings. The van der Waals surface area contributed by atoms with E-state index in [1.54, 1.807) is 0 Å². The van der Waals surface area contributed by atoms with Crippen LogP contribution in [0.2, 0.25) is 0 Å². The fourth-order valence-electron chi connectivity index (χ4n) is 7.81. The third-order valence-corrected chi connectivity index (χ3v) is 10.5. The number of aliphatic hydroxyl groups excluding tert-OH is 8. The number of carboxylic acids is 1. The summed E-state index contributed by atoms with van der Waals surface area (Å²) >= 11 is 0. The second kappa shape index (κ2) is 16.8. The van der Waals surface area contributed by atoms with Crippen molar-refractivity contribution in [1.29, 1.82) is 0 Å². The van der Waals surface area contributed by atoms with Gasteiger partial charge in [-0.2, -0.15) is 0 Å². The average Bonchev–Trinajstić information content (AvgIpc) is 3.08. The molecule has 2 aliphatic carbocycles. The van der Waals surface area contributed by atoms with Crippen LogP contribution in [0, 0.1) is 11.8 Å². The molecule has 18 heteroatoms. The van der Waals surface area contributed by atoms with Crippen LogP contribution in [0.3, 0.4) is 0 Å². The van der Waals surface area contributed by atoms with Crippen LogP contribution < -0.4 is 0 Å². The van der Waals surface area contributed by atoms with Crippen LogP contribution in [0.1, 0.15) is 51.4 Å². The van der Waals surface area contributed by atoms with Gasteiger partial charge in [0, 0.05) is 13.0 Å². The van der Waals surface area contributed by atoms with E-state index in [0.29, 0.717) is 38.5 Å². The number of aliphatic hydroxyl groups is 8. The molecule has 3 heterocycles. The molecule has 9 N–H and O–H groups in total. The Balaban J connectivity index is 1.35. The van der Waals surface area contributed by atoms with Gasteiger partial charge in [-0.3, -0.25) is 9.59 Å². The number of hydrogen-bond donors (Lipinski definition) is 9. The minimum absolute atomic E-state index is 0.171. The third-order valence-electron chi connectivity index (χ3n) is 10.5. The maximum atomic E-state index is 11.8. The van der Waals surface area contributed by atoms with Crippen LogP contribution in [-0.2, 0) is 42.7 Å². The fraction of sp³-hybridized carbons (Fsp3) is 0.935. The molecule has 0 aromatic heterocycles. The van der Waals surface area contributed by atoms with Crippen molar-refractivity contribution >= 4 is 11.9 Å². The Morgan fingerprint density at radius 2 is 1.35 bits per heavy atom. The van der Waals surface area contributed by atoms with Gasteiger partial charge in [0.1, 0.15) is 61.9 Å². The summed E-state index contributed by atoms with van der Waals surface area (Å²) < 4.78 is 41.1. The zero-order chi connectivity index (χ0) is 35.6. The highest BCUT2D eigenvalue weighted by molar-refractivity contribution is 5.90. The smallest absolute Gasteiger partial charge is 0.317 e. The Hall–Kier alpha value is -1.62. The Morgan fingerprint density at radius 1 is 0.714 bits per heavy atom. The van der Waals surface area contributed by atoms with Gasteiger partial charge in [0.15, 0.2) is 12.6 Å². The maximum absolute atomic E-state index is 11.8. The number of aliphatic carboxylic acids is 1. The first-order valence-corrected chi connectivity index (χ1v) is 16.9. The molecule has 5 aliphatic rings. The summed E-state index contributed by atoms with van der Waals surface area (Å²) in [6.45, 7) is -1.25. The van der Waals surface area contributed by atoms with Crippen molar-refractivity contribution in [1.82, 2.24) is 0 Å². The zero-order valence-electron chi connectivity index (χ0n) is 27.2. The highest BCUT2D eigenvalue weighted by Crippen LogP contribution is 2.45. The first kappa shape index (κ1) is 38.6. The predicted molar refractivity (Wildman–Crippen MR) is 158 cm³/mol. The van der Waals surface area contributed by atoms with E-state index < -0.39 is 124 Å². The van der Waals surface area contributed by atoms with Gasteiger partial charge in [-0.1, -0.05) is 0 Å². The van der Waals surface area contributed by atoms with Crippen LogP contribution in [0.4, 0.5) is 0 Å². The Bertz CT molecular complexity index is 1090. The van der Waals surface area contributed by atoms with Gasteiger partial charge in [-0.05, 0) is 50.9 Å². The zero-order valence-corrected chi connectivity index (χ0v) is 27.2. The molecule has 49 heavy (non-hydrogen) atoms. The molecule has 18 nitrogen and oxygen atoms in total. The number of ether oxygens (including phenoxy) is 7. The number of carbonyl (C=O) groups is 2. The normalized spacial score (nSPS) is 47.6. The topological polar surface area (TPSA) is 281 Å². The summed E-state index contributed by atoms with van der Waals surface area (Å²) in [5.41, 5.74) is 0. The van der Waals surface area contributed by atoms with Gasteiger partial charge in [0.25, 0.3) is 0 Å². The molecule has 8 unspecified atom stereocenters. The van der Waals surface area contributed by atoms with Crippen molar-refractivity contribution in [2.24, 2.45) is 11.8 Å². The molecule has 3 aliphatic heterocycles. The molecule has 2 saturated carbocycles. The molecule has 5 rings (SSSR count). The number of rotatable bonds is 11. The second-order valence-electron chi connectivity index (χ2n) is 13.7. The van der Waals surface area contributed by atoms with Gasteiger partial charge in [0.05, 0.1) is 43.2 Å². The van der Waals surface area contributed by atoms with E-state index in [2.05, 4.69) is 0 Å². The van der Waals surface area contributed by atoms with Gasteiger partial charge < -0.3 is 79.1 Å². The molecular formula is C31H50O18. The largest absolute Gasteiger partial charge is 0.481 e. The van der Waals surface area contributed by atoms with E-state index in [0.717, 1.165) is 0 Å². The van der Waals surface area contributed by atoms with Crippen molar-refractivity contribution in [3.8, 4) is 0 Å². The van der Waals surface area contributed by atoms with Crippen molar-refractivity contribution in [2.45, 2.75) is 149 Å². The van der Waals surface area contributed by atoms with E-state index in [9.17, 15) is 50.4 Å². The van der Waals surface area contributed by atoms with E-state index in [1.807, 2.05) is 0 Å². The standard InChI is InChI=1S/C31H50O18/c1-43-17-7-12(5-6-14(17)33)29-18(47-31-28(42)26(40)24(38)20(49-31)11-44-22(36)9-21(34)35)8-13-15(45-29)3-2-4-16(13)46-30-27(41)25(39)23(37)19(10-32)48-30/h12-20,23-33,37-42H,2-11H2,1H3,(H,34,35)/t12?,13?,14?,15?,16?,17?,18?,19-,20-,23-,24-,25-,26+,27-,28-,29?,30-,31-/m1/s1. The van der Waals surface area contributed by atoms with Gasteiger partial charge in [-0.25, -0.2) is 0 Å². The quantitative estimate of drug-likeness (QED) is 0.0743. The van der Waals surface area contributed by atoms with E-state index in [-0.39, 0.29) is 24.4 Å². The number of hydrogen-bond acceptors (Lipinski definition) is 17. The van der Waals surface area contributed by atoms with Crippen LogP contribution >= 0.6 is 0 Å². The molecule has 282 valence electrons. The summed E-state index contributed by atoms with van der Waals surface area (Å²) in [6.07, 6.45) is -16.4. The number of methoxy groups -OCH3 is 1. The van der Waals surface area contributed by atoms with E-state index in [1.165, 1.54) is 7.11 Å². The van der Waals surface area contributed by atoms with Gasteiger partial charge >= 0.3 is 11.9 Å². The van der Waals surface area contributed by atoms with E-state index in [4.69, 9.17) is 38.3 Å². The average molecular weight is 711 g/mol. The Morgan fingerprint density at radius 3 is 1.98 bits per heavy atom. The monoisotopic (exact) mass is 710 g/mol. The van der Waals surface area contributed by atoms with Crippen molar-refractivity contribution < 1.29 is 88.7 Å². The summed E-state index contributed by atoms with van der Waals surface area (Å²) in [6, 6.07) is 0. The molecule has 0 radical (unpaired) electrons. The first-order chi connectivity index (χ1) is 23.3. The molecule has 0 aromatic rings. The SMILES string of the molecule is COC1CC(C2OC3CCCC(O[C@@H]4O[C@H](CO)[C@@H](O)[C@@H](O)[C@H]4O)C3CC2O[C@@H]2O[C@H](COC(=O)CC(=O)O)[C@@H](O)[C@H](O)[C@H]2O)CCC1O. The predicted octanol–water partition coefficient (Wildman–Crippen LogP) is -3.48. The molecule has 0 bridgehead atoms. The first-order valence-electron chi connectivity index (χ1n) is 16.9. The molecule has 3 saturated heterocycles. The maximum Gasteiger partial charge on any atom is 0.317 e. The summed E-state index contributed by atoms with van der Waals surface area (Å²) in [4.78, 5) is 22.7. The van der Waals surface area contributed by atoms with Crippen LogP contribution in [-0.4, -0.2) is 176 Å². The lowest BCUT2D eigenvalue weighted by molar-refractivity contribution is -0.342. The van der Waals surface area contributed by atoms with E-state index >= 15 is 0 Å². The van der Waals surface area contributed by atoms with Crippen LogP contribution in [0.5, 0.6) is 0 Å². The lowest BCUT2D eigenvalue weighted by atomic mass is 9.73. The molecular weight excluding hydrogens is 660 g/mol. The molecule has 18 atom stereocenters. The highest BCUT2D eigenvalue weighted by Gasteiger charge is 2.53. The van der Waals surface area contributed by atoms with Crippen LogP contribution in [0.25, 0.3) is 0 Å². The summed E-state index contributed by atoms with van der Waals surface area (Å²) in [5.74, 6) is -3.06. The van der Waals surface area contributed by atoms with Crippen LogP contribution in [0.15, 0.2) is 0 Å². The van der Waals surface area contributed by atoms with Crippen molar-refractivity contribution in [2.75, 3.05) is 20.3 Å². The van der Waals surface area contributed by atoms with Crippen molar-refractivity contribution in [3.63, 3.8) is 0 Å². The Kier molecular flexibility index (Phi) is 13.2. The number of carbonyl (C=O) groups excluding carboxylic acids is 1. The Labute approximate surface area is 282 Å². The lowest BCUT2D eigenvalue weighted by Crippen LogP contribution is -2.63. The number of esters is 1. The minimum Gasteiger partial charge on any atom is -0.481 e. The van der Waals surface area contributed by atoms with Crippen molar-refractivity contribution in [3.05, 3.63) is 0 Å². The molecule has 0 aromatic carbocycles. The second-order valence-corrected chi connectivity index (χ2v) is 13.7. The summed E-state index contributed by atoms with van der Waals surface area (Å²) in [5, 5.41) is 92.2. The fourth-order valence-corrected chi connectivity index (χ4v) is 7.81. The minimum atomic E-state index is -1.78. The van der Waals surface area contributed by atoms with Gasteiger partial charge in [0.2, 0.25) is 0 Å². The molecule has 0 spiro atoms. The number of fused-ring (bicyclic) bond motifs is 1. The lowest BCUT2D eigenvalue weighted by Gasteiger charge is -2.52. The third kappa shape index (κ3) is 8.72. The highest BCUT2D eigenvalue weighted by atomic mass is 16.7. The molecule has 0 amide bonds. The number of carboxylic acid groups (broad SMARTS) is 1.